The maximum Gasteiger partial charge on any atom is 0.309 e. The van der Waals surface area contributed by atoms with Gasteiger partial charge in [0.25, 0.3) is 0 Å². The highest BCUT2D eigenvalue weighted by molar-refractivity contribution is 7.90. The van der Waals surface area contributed by atoms with Crippen molar-refractivity contribution in [1.82, 2.24) is 9.21 Å². The molecule has 7 nitrogen and oxygen atoms in total. The summed E-state index contributed by atoms with van der Waals surface area (Å²) in [6.07, 6.45) is 3.22. The monoisotopic (exact) mass is 596 g/mol. The van der Waals surface area contributed by atoms with Gasteiger partial charge >= 0.3 is 5.97 Å². The number of hydrogen-bond donors (Lipinski definition) is 0. The Labute approximate surface area is 242 Å². The number of piperidine rings is 1. The molecule has 2 aliphatic rings. The van der Waals surface area contributed by atoms with Crippen LogP contribution in [0.2, 0.25) is 10.0 Å². The molecule has 0 spiro atoms. The van der Waals surface area contributed by atoms with Gasteiger partial charge in [-0.25, -0.2) is 12.7 Å². The van der Waals surface area contributed by atoms with Gasteiger partial charge in [-0.15, -0.1) is 0 Å². The van der Waals surface area contributed by atoms with Crippen molar-refractivity contribution in [3.05, 3.63) is 70.2 Å². The Kier molecular flexibility index (Phi) is 11.2. The van der Waals surface area contributed by atoms with Gasteiger partial charge in [-0.05, 0) is 61.9 Å². The van der Waals surface area contributed by atoms with E-state index in [-0.39, 0.29) is 29.8 Å². The van der Waals surface area contributed by atoms with Crippen LogP contribution in [0.15, 0.2) is 54.6 Å². The molecule has 0 radical (unpaired) electrons. The highest BCUT2D eigenvalue weighted by Crippen LogP contribution is 2.40. The van der Waals surface area contributed by atoms with E-state index in [1.54, 1.807) is 26.1 Å². The number of esters is 1. The number of carbonyl (C=O) groups excluding carboxylic acids is 2. The second-order valence-electron chi connectivity index (χ2n) is 10.2. The van der Waals surface area contributed by atoms with Crippen molar-refractivity contribution in [3.63, 3.8) is 0 Å². The highest BCUT2D eigenvalue weighted by atomic mass is 35.5. The summed E-state index contributed by atoms with van der Waals surface area (Å²) in [7, 11) is -0.438. The van der Waals surface area contributed by atoms with Crippen LogP contribution in [0.4, 0.5) is 0 Å². The van der Waals surface area contributed by atoms with Gasteiger partial charge in [0.05, 0.1) is 30.2 Å². The van der Waals surface area contributed by atoms with Crippen molar-refractivity contribution in [1.29, 1.82) is 0 Å². The second-order valence-corrected chi connectivity index (χ2v) is 13.4. The molecule has 10 heteroatoms. The van der Waals surface area contributed by atoms with E-state index in [0.29, 0.717) is 37.1 Å². The molecule has 1 heterocycles. The van der Waals surface area contributed by atoms with Crippen molar-refractivity contribution in [2.45, 2.75) is 63.3 Å². The number of halogens is 2. The average molecular weight is 598 g/mol. The van der Waals surface area contributed by atoms with E-state index in [1.165, 1.54) is 11.4 Å². The Morgan fingerprint density at radius 1 is 1.03 bits per heavy atom. The Hall–Kier alpha value is -2.13. The molecule has 2 unspecified atom stereocenters. The van der Waals surface area contributed by atoms with E-state index in [0.717, 1.165) is 10.6 Å². The lowest BCUT2D eigenvalue weighted by atomic mass is 9.80. The number of amides is 1. The van der Waals surface area contributed by atoms with Crippen molar-refractivity contribution in [3.8, 4) is 0 Å². The number of likely N-dealkylation sites (tertiary alicyclic amines) is 1. The molecule has 1 amide bonds. The van der Waals surface area contributed by atoms with Gasteiger partial charge in [-0.1, -0.05) is 67.4 Å². The number of methoxy groups -OCH3 is 1. The van der Waals surface area contributed by atoms with Gasteiger partial charge < -0.3 is 9.64 Å². The Bertz CT molecular complexity index is 1210. The van der Waals surface area contributed by atoms with E-state index in [1.807, 2.05) is 54.3 Å². The molecule has 39 heavy (non-hydrogen) atoms. The van der Waals surface area contributed by atoms with Crippen LogP contribution in [0.25, 0.3) is 0 Å². The lowest BCUT2D eigenvalue weighted by Crippen LogP contribution is -2.54. The third-order valence-electron chi connectivity index (χ3n) is 7.54. The molecule has 1 saturated carbocycles. The second kappa shape index (κ2) is 14.0. The Balaban J connectivity index is 0.000000520. The predicted octanol–water partition coefficient (Wildman–Crippen LogP) is 5.97. The zero-order chi connectivity index (χ0) is 28.7. The summed E-state index contributed by atoms with van der Waals surface area (Å²) in [4.78, 5) is 27.7. The number of benzene rings is 2. The molecule has 4 atom stereocenters. The summed E-state index contributed by atoms with van der Waals surface area (Å²) in [6, 6.07) is 16.3. The van der Waals surface area contributed by atoms with Crippen molar-refractivity contribution in [2.24, 2.45) is 11.8 Å². The summed E-state index contributed by atoms with van der Waals surface area (Å²) >= 11 is 11.6. The summed E-state index contributed by atoms with van der Waals surface area (Å²) in [5.41, 5.74) is 0.957. The summed E-state index contributed by atoms with van der Waals surface area (Å²) < 4.78 is 31.8. The molecular formula is C29H38Cl2N2O5S. The molecule has 0 bridgehead atoms. The summed E-state index contributed by atoms with van der Waals surface area (Å²) in [5.74, 6) is -1.59. The molecule has 1 aliphatic heterocycles. The number of likely N-dealkylation sites (N-methyl/N-ethyl adjacent to an activating group) is 1. The highest BCUT2D eigenvalue weighted by Gasteiger charge is 2.45. The zero-order valence-corrected chi connectivity index (χ0v) is 25.3. The maximum atomic E-state index is 13.7. The Morgan fingerprint density at radius 2 is 1.62 bits per heavy atom. The topological polar surface area (TPSA) is 84.0 Å². The maximum absolute atomic E-state index is 13.7. The third-order valence-corrected chi connectivity index (χ3v) is 10.4. The van der Waals surface area contributed by atoms with Crippen LogP contribution in [0.5, 0.6) is 0 Å². The fourth-order valence-electron chi connectivity index (χ4n) is 5.06. The largest absolute Gasteiger partial charge is 0.469 e. The van der Waals surface area contributed by atoms with Gasteiger partial charge in [-0.2, -0.15) is 0 Å². The van der Waals surface area contributed by atoms with Crippen LogP contribution in [0, 0.1) is 11.8 Å². The van der Waals surface area contributed by atoms with Crippen LogP contribution < -0.4 is 0 Å². The Morgan fingerprint density at radius 3 is 2.10 bits per heavy atom. The van der Waals surface area contributed by atoms with E-state index < -0.39 is 27.8 Å². The van der Waals surface area contributed by atoms with E-state index in [9.17, 15) is 18.0 Å². The summed E-state index contributed by atoms with van der Waals surface area (Å²) in [6.45, 7) is 3.91. The lowest BCUT2D eigenvalue weighted by Gasteiger charge is -2.45. The van der Waals surface area contributed by atoms with Gasteiger partial charge in [-0.3, -0.25) is 9.59 Å². The van der Waals surface area contributed by atoms with Crippen molar-refractivity contribution < 1.29 is 22.7 Å². The standard InChI is InChI=1S/C23H33ClN2O5S.C6H5Cl/c1-5-18(14-25(3)32(29,30)19-10-11-19)26-21(16-6-8-17(24)9-7-16)13-12-20(22(26)27)15(2)23(28)31-4;7-6-4-2-1-3-5-6/h6-9,15,18-21H,5,10-14H2,1-4H3;1-5H/t15?,18-,20-,21?;/m0./s1. The minimum atomic E-state index is -3.36. The van der Waals surface area contributed by atoms with E-state index in [2.05, 4.69) is 0 Å². The summed E-state index contributed by atoms with van der Waals surface area (Å²) in [5, 5.41) is 1.10. The first-order valence-corrected chi connectivity index (χ1v) is 15.6. The van der Waals surface area contributed by atoms with Gasteiger partial charge in [0.2, 0.25) is 15.9 Å². The first-order chi connectivity index (χ1) is 18.5. The molecule has 214 valence electrons. The smallest absolute Gasteiger partial charge is 0.309 e. The third kappa shape index (κ3) is 7.97. The van der Waals surface area contributed by atoms with E-state index >= 15 is 0 Å². The van der Waals surface area contributed by atoms with Gasteiger partial charge in [0.15, 0.2) is 0 Å². The minimum Gasteiger partial charge on any atom is -0.469 e. The van der Waals surface area contributed by atoms with Gasteiger partial charge in [0.1, 0.15) is 0 Å². The zero-order valence-electron chi connectivity index (χ0n) is 22.9. The fraction of sp³-hybridized carbons (Fsp3) is 0.517. The van der Waals surface area contributed by atoms with Crippen molar-refractivity contribution in [2.75, 3.05) is 20.7 Å². The molecule has 1 aliphatic carbocycles. The van der Waals surface area contributed by atoms with Crippen LogP contribution in [0.3, 0.4) is 0 Å². The number of sulfonamides is 1. The predicted molar refractivity (Wildman–Crippen MR) is 155 cm³/mol. The number of rotatable bonds is 9. The molecule has 2 aromatic rings. The van der Waals surface area contributed by atoms with Crippen LogP contribution in [-0.2, 0) is 24.3 Å². The quantitative estimate of drug-likeness (QED) is 0.333. The molecule has 2 fully saturated rings. The molecule has 1 saturated heterocycles. The van der Waals surface area contributed by atoms with Crippen LogP contribution in [0.1, 0.15) is 57.6 Å². The minimum absolute atomic E-state index is 0.127. The molecule has 0 aromatic heterocycles. The average Bonchev–Trinajstić information content (AvgIpc) is 3.78. The first kappa shape index (κ1) is 31.4. The molecule has 2 aromatic carbocycles. The van der Waals surface area contributed by atoms with Crippen LogP contribution in [-0.4, -0.2) is 61.5 Å². The number of nitrogens with zero attached hydrogens (tertiary/aromatic N) is 2. The number of hydrogen-bond acceptors (Lipinski definition) is 5. The lowest BCUT2D eigenvalue weighted by molar-refractivity contribution is -0.158. The van der Waals surface area contributed by atoms with Crippen molar-refractivity contribution >= 4 is 45.1 Å². The first-order valence-electron chi connectivity index (χ1n) is 13.3. The van der Waals surface area contributed by atoms with Gasteiger partial charge in [0, 0.05) is 29.7 Å². The van der Waals surface area contributed by atoms with Crippen LogP contribution >= 0.6 is 23.2 Å². The molecule has 4 rings (SSSR count). The SMILES string of the molecule is CC[C@@H](CN(C)S(=O)(=O)C1CC1)N1C(=O)[C@H](C(C)C(=O)OC)CCC1c1ccc(Cl)cc1.Clc1ccccc1. The van der Waals surface area contributed by atoms with E-state index in [4.69, 9.17) is 27.9 Å². The number of ether oxygens (including phenoxy) is 1. The fourth-order valence-corrected chi connectivity index (χ4v) is 6.95. The molecule has 0 N–H and O–H groups in total. The molecular weight excluding hydrogens is 559 g/mol. The number of carbonyl (C=O) groups is 2. The normalized spacial score (nSPS) is 21.1.